The van der Waals surface area contributed by atoms with E-state index in [0.717, 1.165) is 22.6 Å². The molecule has 0 unspecified atom stereocenters. The van der Waals surface area contributed by atoms with Gasteiger partial charge in [-0.1, -0.05) is 35.4 Å². The Hall–Kier alpha value is -3.78. The number of carbonyl (C=O) groups is 3. The highest BCUT2D eigenvalue weighted by molar-refractivity contribution is 14.1. The molecule has 1 aromatic heterocycles. The van der Waals surface area contributed by atoms with Crippen LogP contribution in [0.3, 0.4) is 0 Å². The second-order valence-electron chi connectivity index (χ2n) is 8.98. The summed E-state index contributed by atoms with van der Waals surface area (Å²) in [6.45, 7) is 4.51. The maximum absolute atomic E-state index is 13.0. The minimum atomic E-state index is -1.31. The van der Waals surface area contributed by atoms with Gasteiger partial charge >= 0.3 is 23.6 Å². The van der Waals surface area contributed by atoms with Crippen LogP contribution in [0.5, 0.6) is 0 Å². The van der Waals surface area contributed by atoms with Crippen LogP contribution in [-0.2, 0) is 23.7 Å². The largest absolute Gasteiger partial charge is 0.459 e. The van der Waals surface area contributed by atoms with Crippen molar-refractivity contribution in [2.75, 3.05) is 6.61 Å². The SMILES string of the molecule is CC(=O)O[C@H]1[C@@H](OC(=O)c2ccc(C)cc2)[C@@H](COC(=O)c2ccc(C)cc2)O[C@H]1n1cc(I)c(=O)[nH]c1=O. The van der Waals surface area contributed by atoms with Crippen molar-refractivity contribution in [3.63, 3.8) is 0 Å². The Morgan fingerprint density at radius 1 is 0.897 bits per heavy atom. The van der Waals surface area contributed by atoms with Crippen LogP contribution in [0.15, 0.2) is 64.3 Å². The molecule has 0 bridgehead atoms. The van der Waals surface area contributed by atoms with Gasteiger partial charge in [0.1, 0.15) is 12.7 Å². The van der Waals surface area contributed by atoms with Crippen LogP contribution in [0, 0.1) is 17.4 Å². The van der Waals surface area contributed by atoms with Gasteiger partial charge in [0.25, 0.3) is 5.56 Å². The van der Waals surface area contributed by atoms with Gasteiger partial charge in [0, 0.05) is 13.1 Å². The van der Waals surface area contributed by atoms with E-state index in [1.54, 1.807) is 71.1 Å². The van der Waals surface area contributed by atoms with E-state index in [1.165, 1.54) is 6.20 Å². The number of benzene rings is 2. The van der Waals surface area contributed by atoms with E-state index in [1.807, 2.05) is 13.8 Å². The zero-order chi connectivity index (χ0) is 28.3. The van der Waals surface area contributed by atoms with Crippen LogP contribution >= 0.6 is 22.6 Å². The Morgan fingerprint density at radius 2 is 1.46 bits per heavy atom. The van der Waals surface area contributed by atoms with Gasteiger partial charge in [-0.2, -0.15) is 0 Å². The number of aromatic amines is 1. The van der Waals surface area contributed by atoms with Crippen molar-refractivity contribution in [2.45, 2.75) is 45.3 Å². The van der Waals surface area contributed by atoms with E-state index in [4.69, 9.17) is 18.9 Å². The maximum Gasteiger partial charge on any atom is 0.338 e. The average molecular weight is 648 g/mol. The van der Waals surface area contributed by atoms with Crippen LogP contribution in [0.4, 0.5) is 0 Å². The first-order chi connectivity index (χ1) is 18.5. The molecule has 1 N–H and O–H groups in total. The molecule has 0 spiro atoms. The lowest BCUT2D eigenvalue weighted by Gasteiger charge is -2.24. The fraction of sp³-hybridized carbons (Fsp3) is 0.296. The van der Waals surface area contributed by atoms with Gasteiger partial charge in [-0.3, -0.25) is 19.1 Å². The number of nitrogens with one attached hydrogen (secondary N) is 1. The Balaban J connectivity index is 1.67. The van der Waals surface area contributed by atoms with E-state index in [9.17, 15) is 24.0 Å². The predicted molar refractivity (Wildman–Crippen MR) is 145 cm³/mol. The number of nitrogens with zero attached hydrogens (tertiary/aromatic N) is 1. The summed E-state index contributed by atoms with van der Waals surface area (Å²) in [5.41, 5.74) is 0.986. The second kappa shape index (κ2) is 11.9. The minimum Gasteiger partial charge on any atom is -0.459 e. The third-order valence-electron chi connectivity index (χ3n) is 5.98. The molecule has 204 valence electrons. The lowest BCUT2D eigenvalue weighted by Crippen LogP contribution is -2.43. The summed E-state index contributed by atoms with van der Waals surface area (Å²) in [4.78, 5) is 64.5. The van der Waals surface area contributed by atoms with Crippen LogP contribution in [0.25, 0.3) is 0 Å². The number of hydrogen-bond donors (Lipinski definition) is 1. The monoisotopic (exact) mass is 648 g/mol. The fourth-order valence-corrected chi connectivity index (χ4v) is 4.42. The number of carbonyl (C=O) groups excluding carboxylic acids is 3. The maximum atomic E-state index is 13.0. The van der Waals surface area contributed by atoms with E-state index in [0.29, 0.717) is 5.56 Å². The number of aromatic nitrogens is 2. The van der Waals surface area contributed by atoms with Crippen LogP contribution in [-0.4, -0.2) is 52.4 Å². The molecule has 0 amide bonds. The summed E-state index contributed by atoms with van der Waals surface area (Å²) < 4.78 is 23.9. The zero-order valence-corrected chi connectivity index (χ0v) is 23.4. The van der Waals surface area contributed by atoms with Crippen molar-refractivity contribution in [1.82, 2.24) is 9.55 Å². The smallest absolute Gasteiger partial charge is 0.338 e. The standard InChI is InChI=1S/C27H25IN2O9/c1-14-4-8-17(9-5-14)25(33)36-13-20-21(39-26(34)18-10-6-15(2)7-11-18)22(37-16(3)31)24(38-20)30-12-19(28)23(32)29-27(30)35/h4-12,20-22,24H,13H2,1-3H3,(H,29,32,35)/t20-,21+,22+,24-/m1/s1. The Morgan fingerprint density at radius 3 is 2.03 bits per heavy atom. The molecule has 1 aliphatic heterocycles. The molecule has 11 nitrogen and oxygen atoms in total. The second-order valence-corrected chi connectivity index (χ2v) is 10.1. The zero-order valence-electron chi connectivity index (χ0n) is 21.2. The summed E-state index contributed by atoms with van der Waals surface area (Å²) in [7, 11) is 0. The van der Waals surface area contributed by atoms with Crippen molar-refractivity contribution in [3.8, 4) is 0 Å². The Bertz CT molecular complexity index is 1500. The van der Waals surface area contributed by atoms with Gasteiger partial charge in [0.2, 0.25) is 0 Å². The lowest BCUT2D eigenvalue weighted by molar-refractivity contribution is -0.156. The number of rotatable bonds is 7. The Kier molecular flexibility index (Phi) is 8.65. The van der Waals surface area contributed by atoms with Crippen molar-refractivity contribution in [3.05, 3.63) is 101 Å². The molecular formula is C27H25IN2O9. The van der Waals surface area contributed by atoms with Crippen LogP contribution in [0.1, 0.15) is 45.0 Å². The predicted octanol–water partition coefficient (Wildman–Crippen LogP) is 2.67. The molecular weight excluding hydrogens is 623 g/mol. The highest BCUT2D eigenvalue weighted by atomic mass is 127. The molecule has 4 rings (SSSR count). The van der Waals surface area contributed by atoms with Crippen molar-refractivity contribution >= 4 is 40.5 Å². The van der Waals surface area contributed by atoms with E-state index in [2.05, 4.69) is 4.98 Å². The van der Waals surface area contributed by atoms with Gasteiger partial charge in [-0.05, 0) is 60.7 Å². The summed E-state index contributed by atoms with van der Waals surface area (Å²) in [5.74, 6) is -2.11. The van der Waals surface area contributed by atoms with Crippen LogP contribution in [0.2, 0.25) is 0 Å². The number of aryl methyl sites for hydroxylation is 2. The number of H-pyrrole nitrogens is 1. The van der Waals surface area contributed by atoms with Crippen molar-refractivity contribution < 1.29 is 33.3 Å². The highest BCUT2D eigenvalue weighted by Crippen LogP contribution is 2.34. The van der Waals surface area contributed by atoms with E-state index in [-0.39, 0.29) is 15.7 Å². The van der Waals surface area contributed by atoms with Gasteiger partial charge < -0.3 is 18.9 Å². The molecule has 4 atom stereocenters. The topological polar surface area (TPSA) is 143 Å². The molecule has 0 radical (unpaired) electrons. The molecule has 0 saturated carbocycles. The third kappa shape index (κ3) is 6.63. The molecule has 1 saturated heterocycles. The summed E-state index contributed by atoms with van der Waals surface area (Å²) in [6.07, 6.45) is -3.76. The van der Waals surface area contributed by atoms with Gasteiger partial charge in [-0.25, -0.2) is 14.4 Å². The molecule has 1 aliphatic rings. The summed E-state index contributed by atoms with van der Waals surface area (Å²) in [5, 5.41) is 0. The molecule has 3 aromatic rings. The van der Waals surface area contributed by atoms with E-state index >= 15 is 0 Å². The molecule has 2 aromatic carbocycles. The highest BCUT2D eigenvalue weighted by Gasteiger charge is 2.51. The molecule has 0 aliphatic carbocycles. The van der Waals surface area contributed by atoms with Crippen molar-refractivity contribution in [2.24, 2.45) is 0 Å². The average Bonchev–Trinajstić information content (AvgIpc) is 3.21. The number of ether oxygens (including phenoxy) is 4. The fourth-order valence-electron chi connectivity index (χ4n) is 3.99. The third-order valence-corrected chi connectivity index (χ3v) is 6.75. The normalized spacial score (nSPS) is 20.3. The number of halogens is 1. The first-order valence-corrected chi connectivity index (χ1v) is 13.0. The molecule has 39 heavy (non-hydrogen) atoms. The van der Waals surface area contributed by atoms with Crippen LogP contribution < -0.4 is 11.2 Å². The summed E-state index contributed by atoms with van der Waals surface area (Å²) in [6, 6.07) is 13.3. The van der Waals surface area contributed by atoms with Crippen molar-refractivity contribution in [1.29, 1.82) is 0 Å². The molecule has 1 fully saturated rings. The first-order valence-electron chi connectivity index (χ1n) is 11.9. The van der Waals surface area contributed by atoms with Gasteiger partial charge in [0.05, 0.1) is 14.7 Å². The first kappa shape index (κ1) is 28.2. The number of hydrogen-bond acceptors (Lipinski definition) is 9. The minimum absolute atomic E-state index is 0.167. The van der Waals surface area contributed by atoms with Gasteiger partial charge in [-0.15, -0.1) is 0 Å². The Labute approximate surface area is 236 Å². The molecule has 12 heteroatoms. The summed E-state index contributed by atoms with van der Waals surface area (Å²) >= 11 is 1.74. The van der Waals surface area contributed by atoms with E-state index < -0.39 is 53.7 Å². The molecule has 2 heterocycles. The van der Waals surface area contributed by atoms with Gasteiger partial charge in [0.15, 0.2) is 18.4 Å². The number of esters is 3. The quantitative estimate of drug-likeness (QED) is 0.233. The lowest BCUT2D eigenvalue weighted by atomic mass is 10.1.